The largest absolute Gasteiger partial charge is 0.416 e. The molecule has 0 radical (unpaired) electrons. The highest BCUT2D eigenvalue weighted by atomic mass is 19.4. The Hall–Kier alpha value is -1.60. The summed E-state index contributed by atoms with van der Waals surface area (Å²) in [6.07, 6.45) is -2.84. The number of benzene rings is 1. The number of alkyl halides is 3. The van der Waals surface area contributed by atoms with Gasteiger partial charge in [-0.1, -0.05) is 0 Å². The van der Waals surface area contributed by atoms with Crippen LogP contribution in [-0.2, 0) is 17.5 Å². The van der Waals surface area contributed by atoms with Gasteiger partial charge in [0.15, 0.2) is 0 Å². The zero-order chi connectivity index (χ0) is 15.5. The average Bonchev–Trinajstić information content (AvgIpc) is 2.46. The molecule has 1 unspecified atom stereocenters. The summed E-state index contributed by atoms with van der Waals surface area (Å²) in [4.78, 5) is 12.1. The third-order valence-electron chi connectivity index (χ3n) is 3.49. The first-order chi connectivity index (χ1) is 9.90. The number of hydrogen-bond acceptors (Lipinski definition) is 3. The molecule has 116 valence electrons. The van der Waals surface area contributed by atoms with Gasteiger partial charge in [-0.2, -0.15) is 13.2 Å². The smallest absolute Gasteiger partial charge is 0.326 e. The number of amides is 1. The quantitative estimate of drug-likeness (QED) is 0.801. The van der Waals surface area contributed by atoms with Crippen LogP contribution in [0.4, 0.5) is 18.9 Å². The summed E-state index contributed by atoms with van der Waals surface area (Å²) < 4.78 is 38.4. The van der Waals surface area contributed by atoms with Gasteiger partial charge < -0.3 is 16.4 Å². The Balaban J connectivity index is 2.16. The van der Waals surface area contributed by atoms with Crippen LogP contribution in [0.2, 0.25) is 0 Å². The monoisotopic (exact) mass is 301 g/mol. The van der Waals surface area contributed by atoms with Crippen molar-refractivity contribution in [1.29, 1.82) is 0 Å². The fourth-order valence-electron chi connectivity index (χ4n) is 2.37. The van der Waals surface area contributed by atoms with Crippen molar-refractivity contribution < 1.29 is 18.0 Å². The molecule has 0 bridgehead atoms. The van der Waals surface area contributed by atoms with E-state index in [9.17, 15) is 18.0 Å². The lowest BCUT2D eigenvalue weighted by Gasteiger charge is -2.22. The Morgan fingerprint density at radius 1 is 1.38 bits per heavy atom. The Morgan fingerprint density at radius 3 is 2.71 bits per heavy atom. The molecule has 0 spiro atoms. The molecule has 1 heterocycles. The Morgan fingerprint density at radius 2 is 2.14 bits per heavy atom. The SMILES string of the molecule is NCc1cc(NC(=O)C2CCCNC2)cc(C(F)(F)F)c1. The fraction of sp³-hybridized carbons (Fsp3) is 0.500. The van der Waals surface area contributed by atoms with Crippen LogP contribution in [0.1, 0.15) is 24.0 Å². The Labute approximate surface area is 120 Å². The molecule has 1 atom stereocenters. The number of carbonyl (C=O) groups is 1. The molecule has 0 aromatic heterocycles. The van der Waals surface area contributed by atoms with E-state index < -0.39 is 11.7 Å². The van der Waals surface area contributed by atoms with E-state index in [4.69, 9.17) is 5.73 Å². The van der Waals surface area contributed by atoms with E-state index in [1.54, 1.807) is 0 Å². The predicted octanol–water partition coefficient (Wildman–Crippen LogP) is 2.10. The highest BCUT2D eigenvalue weighted by Gasteiger charge is 2.31. The van der Waals surface area contributed by atoms with Crippen LogP contribution < -0.4 is 16.4 Å². The predicted molar refractivity (Wildman–Crippen MR) is 73.6 cm³/mol. The van der Waals surface area contributed by atoms with Gasteiger partial charge in [0.05, 0.1) is 11.5 Å². The van der Waals surface area contributed by atoms with Crippen molar-refractivity contribution in [1.82, 2.24) is 5.32 Å². The minimum Gasteiger partial charge on any atom is -0.326 e. The number of piperidine rings is 1. The van der Waals surface area contributed by atoms with E-state index >= 15 is 0 Å². The highest BCUT2D eigenvalue weighted by molar-refractivity contribution is 5.93. The normalized spacial score (nSPS) is 19.3. The van der Waals surface area contributed by atoms with Gasteiger partial charge in [0.25, 0.3) is 0 Å². The van der Waals surface area contributed by atoms with E-state index in [1.165, 1.54) is 6.07 Å². The summed E-state index contributed by atoms with van der Waals surface area (Å²) in [5.74, 6) is -0.473. The van der Waals surface area contributed by atoms with E-state index in [0.29, 0.717) is 12.1 Å². The van der Waals surface area contributed by atoms with Crippen LogP contribution >= 0.6 is 0 Å². The average molecular weight is 301 g/mol. The molecule has 4 nitrogen and oxygen atoms in total. The fourth-order valence-corrected chi connectivity index (χ4v) is 2.37. The standard InChI is InChI=1S/C14H18F3N3O/c15-14(16,17)11-4-9(7-18)5-12(6-11)20-13(21)10-2-1-3-19-8-10/h4-6,10,19H,1-3,7-8,18H2,(H,20,21). The molecule has 4 N–H and O–H groups in total. The molecular formula is C14H18F3N3O. The topological polar surface area (TPSA) is 67.1 Å². The van der Waals surface area contributed by atoms with E-state index in [2.05, 4.69) is 10.6 Å². The van der Waals surface area contributed by atoms with Crippen LogP contribution in [0.5, 0.6) is 0 Å². The van der Waals surface area contributed by atoms with Crippen molar-refractivity contribution >= 4 is 11.6 Å². The van der Waals surface area contributed by atoms with Gasteiger partial charge in [-0.3, -0.25) is 4.79 Å². The molecule has 1 aliphatic rings. The molecule has 0 saturated carbocycles. The lowest BCUT2D eigenvalue weighted by atomic mass is 9.98. The molecule has 2 rings (SSSR count). The van der Waals surface area contributed by atoms with Crippen molar-refractivity contribution in [2.45, 2.75) is 25.6 Å². The molecule has 7 heteroatoms. The van der Waals surface area contributed by atoms with E-state index in [1.807, 2.05) is 0 Å². The number of nitrogens with two attached hydrogens (primary N) is 1. The summed E-state index contributed by atoms with van der Waals surface area (Å²) in [7, 11) is 0. The lowest BCUT2D eigenvalue weighted by Crippen LogP contribution is -2.37. The number of anilines is 1. The first-order valence-electron chi connectivity index (χ1n) is 6.83. The lowest BCUT2D eigenvalue weighted by molar-refractivity contribution is -0.137. The first-order valence-corrected chi connectivity index (χ1v) is 6.83. The van der Waals surface area contributed by atoms with E-state index in [0.717, 1.165) is 31.5 Å². The number of carbonyl (C=O) groups excluding carboxylic acids is 1. The Kier molecular flexibility index (Phi) is 4.84. The first kappa shape index (κ1) is 15.8. The van der Waals surface area contributed by atoms with Crippen LogP contribution in [0.3, 0.4) is 0 Å². The minimum atomic E-state index is -4.46. The maximum atomic E-state index is 12.8. The minimum absolute atomic E-state index is 0.0161. The van der Waals surface area contributed by atoms with Crippen molar-refractivity contribution in [3.63, 3.8) is 0 Å². The third kappa shape index (κ3) is 4.18. The third-order valence-corrected chi connectivity index (χ3v) is 3.49. The summed E-state index contributed by atoms with van der Waals surface area (Å²) in [6, 6.07) is 3.41. The van der Waals surface area contributed by atoms with Crippen LogP contribution in [0.15, 0.2) is 18.2 Å². The molecule has 21 heavy (non-hydrogen) atoms. The maximum absolute atomic E-state index is 12.8. The van der Waals surface area contributed by atoms with E-state index in [-0.39, 0.29) is 24.1 Å². The van der Waals surface area contributed by atoms with Crippen molar-refractivity contribution in [2.24, 2.45) is 11.7 Å². The molecule has 0 aliphatic carbocycles. The number of rotatable bonds is 3. The number of halogens is 3. The van der Waals surface area contributed by atoms with Crippen molar-refractivity contribution in [3.05, 3.63) is 29.3 Å². The van der Waals surface area contributed by atoms with Gasteiger partial charge in [-0.25, -0.2) is 0 Å². The van der Waals surface area contributed by atoms with Gasteiger partial charge in [0.2, 0.25) is 5.91 Å². The van der Waals surface area contributed by atoms with Crippen LogP contribution in [0.25, 0.3) is 0 Å². The Bertz CT molecular complexity index is 511. The van der Waals surface area contributed by atoms with Gasteiger partial charge in [-0.05, 0) is 43.1 Å². The molecule has 1 aromatic carbocycles. The zero-order valence-corrected chi connectivity index (χ0v) is 11.5. The van der Waals surface area contributed by atoms with Crippen molar-refractivity contribution in [3.8, 4) is 0 Å². The molecule has 1 saturated heterocycles. The van der Waals surface area contributed by atoms with Gasteiger partial charge >= 0.3 is 6.18 Å². The summed E-state index contributed by atoms with van der Waals surface area (Å²) in [5.41, 5.74) is 5.09. The zero-order valence-electron chi connectivity index (χ0n) is 11.5. The second-order valence-corrected chi connectivity index (χ2v) is 5.15. The molecule has 1 fully saturated rings. The summed E-state index contributed by atoms with van der Waals surface area (Å²) in [6.45, 7) is 1.40. The number of hydrogen-bond donors (Lipinski definition) is 3. The van der Waals surface area contributed by atoms with Crippen LogP contribution in [0, 0.1) is 5.92 Å². The second kappa shape index (κ2) is 6.44. The van der Waals surface area contributed by atoms with Gasteiger partial charge in [0, 0.05) is 18.8 Å². The molecule has 1 amide bonds. The summed E-state index contributed by atoms with van der Waals surface area (Å²) in [5, 5.41) is 5.66. The molecule has 1 aromatic rings. The summed E-state index contributed by atoms with van der Waals surface area (Å²) >= 11 is 0. The van der Waals surface area contributed by atoms with Gasteiger partial charge in [-0.15, -0.1) is 0 Å². The molecule has 1 aliphatic heterocycles. The van der Waals surface area contributed by atoms with Crippen LogP contribution in [-0.4, -0.2) is 19.0 Å². The number of nitrogens with one attached hydrogen (secondary N) is 2. The molecular weight excluding hydrogens is 283 g/mol. The highest BCUT2D eigenvalue weighted by Crippen LogP contribution is 2.32. The maximum Gasteiger partial charge on any atom is 0.416 e. The second-order valence-electron chi connectivity index (χ2n) is 5.15. The van der Waals surface area contributed by atoms with Crippen molar-refractivity contribution in [2.75, 3.05) is 18.4 Å². The van der Waals surface area contributed by atoms with Gasteiger partial charge in [0.1, 0.15) is 0 Å².